The Kier molecular flexibility index (Phi) is 5.99. The zero-order valence-corrected chi connectivity index (χ0v) is 16.5. The highest BCUT2D eigenvalue weighted by molar-refractivity contribution is 6.10. The fourth-order valence-electron chi connectivity index (χ4n) is 3.08. The van der Waals surface area contributed by atoms with E-state index in [9.17, 15) is 14.9 Å². The van der Waals surface area contributed by atoms with Gasteiger partial charge in [0.25, 0.3) is 5.91 Å². The maximum atomic E-state index is 12.8. The van der Waals surface area contributed by atoms with Crippen LogP contribution in [0.1, 0.15) is 37.7 Å². The highest BCUT2D eigenvalue weighted by atomic mass is 16.5. The van der Waals surface area contributed by atoms with Gasteiger partial charge in [-0.05, 0) is 48.4 Å². The minimum atomic E-state index is -0.647. The molecule has 0 saturated heterocycles. The molecule has 2 heterocycles. The van der Waals surface area contributed by atoms with Gasteiger partial charge in [0.15, 0.2) is 0 Å². The van der Waals surface area contributed by atoms with Crippen LogP contribution in [0.25, 0.3) is 17.2 Å². The molecule has 0 spiro atoms. The first-order chi connectivity index (χ1) is 14.5. The van der Waals surface area contributed by atoms with Crippen LogP contribution in [0.2, 0.25) is 0 Å². The molecule has 7 nitrogen and oxygen atoms in total. The quantitative estimate of drug-likeness (QED) is 0.651. The Morgan fingerprint density at radius 3 is 2.63 bits per heavy atom. The van der Waals surface area contributed by atoms with Gasteiger partial charge in [0, 0.05) is 23.6 Å². The Labute approximate surface area is 173 Å². The van der Waals surface area contributed by atoms with Crippen molar-refractivity contribution < 1.29 is 14.3 Å². The van der Waals surface area contributed by atoms with Gasteiger partial charge in [-0.25, -0.2) is 4.79 Å². The van der Waals surface area contributed by atoms with Crippen LogP contribution in [0.3, 0.4) is 0 Å². The zero-order chi connectivity index (χ0) is 21.7. The summed E-state index contributed by atoms with van der Waals surface area (Å²) in [5.41, 5.74) is 3.65. The summed E-state index contributed by atoms with van der Waals surface area (Å²) in [5.74, 6) is -1.19. The average Bonchev–Trinajstić information content (AvgIpc) is 2.79. The van der Waals surface area contributed by atoms with E-state index >= 15 is 0 Å². The van der Waals surface area contributed by atoms with Gasteiger partial charge in [0.05, 0.1) is 23.9 Å². The first kappa shape index (κ1) is 20.4. The number of pyridine rings is 2. The normalized spacial score (nSPS) is 10.0. The number of nitrogens with one attached hydrogen (secondary N) is 1. The average molecular weight is 398 g/mol. The van der Waals surface area contributed by atoms with Crippen molar-refractivity contribution in [2.45, 2.75) is 6.92 Å². The van der Waals surface area contributed by atoms with Crippen molar-refractivity contribution >= 4 is 23.6 Å². The first-order valence-electron chi connectivity index (χ1n) is 8.98. The van der Waals surface area contributed by atoms with Gasteiger partial charge in [-0.2, -0.15) is 5.26 Å². The number of methoxy groups -OCH3 is 1. The summed E-state index contributed by atoms with van der Waals surface area (Å²) in [4.78, 5) is 33.0. The fourth-order valence-corrected chi connectivity index (χ4v) is 3.08. The van der Waals surface area contributed by atoms with Crippen molar-refractivity contribution in [3.05, 3.63) is 83.4 Å². The van der Waals surface area contributed by atoms with Crippen LogP contribution >= 0.6 is 0 Å². The van der Waals surface area contributed by atoms with Gasteiger partial charge in [0.2, 0.25) is 0 Å². The number of ether oxygens (including phenoxy) is 1. The maximum absolute atomic E-state index is 12.8. The number of nitriles is 1. The largest absolute Gasteiger partial charge is 0.465 e. The van der Waals surface area contributed by atoms with Crippen molar-refractivity contribution in [3.63, 3.8) is 0 Å². The Morgan fingerprint density at radius 1 is 1.13 bits per heavy atom. The molecule has 2 aromatic heterocycles. The van der Waals surface area contributed by atoms with Crippen LogP contribution < -0.4 is 5.32 Å². The molecule has 0 saturated carbocycles. The Balaban J connectivity index is 2.02. The minimum absolute atomic E-state index is 0.0373. The lowest BCUT2D eigenvalue weighted by Crippen LogP contribution is -2.19. The molecule has 1 aromatic carbocycles. The molecule has 3 rings (SSSR count). The molecule has 0 atom stereocenters. The number of hydrogen-bond acceptors (Lipinski definition) is 6. The highest BCUT2D eigenvalue weighted by Gasteiger charge is 2.20. The van der Waals surface area contributed by atoms with Crippen molar-refractivity contribution in [1.82, 2.24) is 9.97 Å². The number of anilines is 1. The molecule has 148 valence electrons. The summed E-state index contributed by atoms with van der Waals surface area (Å²) < 4.78 is 4.72. The Hall–Kier alpha value is -4.31. The smallest absolute Gasteiger partial charge is 0.340 e. The minimum Gasteiger partial charge on any atom is -0.465 e. The van der Waals surface area contributed by atoms with Gasteiger partial charge >= 0.3 is 5.97 Å². The lowest BCUT2D eigenvalue weighted by molar-refractivity contribution is 0.0596. The van der Waals surface area contributed by atoms with Crippen molar-refractivity contribution in [2.75, 3.05) is 12.4 Å². The molecule has 0 bridgehead atoms. The molecule has 0 unspecified atom stereocenters. The highest BCUT2D eigenvalue weighted by Crippen LogP contribution is 2.32. The molecular weight excluding hydrogens is 380 g/mol. The molecule has 0 aliphatic rings. The van der Waals surface area contributed by atoms with Crippen LogP contribution in [-0.2, 0) is 4.74 Å². The van der Waals surface area contributed by atoms with E-state index in [1.54, 1.807) is 30.5 Å². The van der Waals surface area contributed by atoms with Gasteiger partial charge in [-0.15, -0.1) is 0 Å². The number of carbonyl (C=O) groups is 2. The second-order valence-electron chi connectivity index (χ2n) is 6.26. The summed E-state index contributed by atoms with van der Waals surface area (Å²) in [6, 6.07) is 12.3. The monoisotopic (exact) mass is 398 g/mol. The zero-order valence-electron chi connectivity index (χ0n) is 16.5. The number of esters is 1. The van der Waals surface area contributed by atoms with Crippen LogP contribution in [0.4, 0.5) is 5.69 Å². The number of benzene rings is 1. The summed E-state index contributed by atoms with van der Waals surface area (Å²) in [7, 11) is 1.24. The van der Waals surface area contributed by atoms with E-state index in [1.165, 1.54) is 25.4 Å². The summed E-state index contributed by atoms with van der Waals surface area (Å²) >= 11 is 0. The molecule has 1 amide bonds. The predicted octanol–water partition coefficient (Wildman–Crippen LogP) is 4.01. The molecule has 0 radical (unpaired) electrons. The van der Waals surface area contributed by atoms with Gasteiger partial charge < -0.3 is 10.1 Å². The van der Waals surface area contributed by atoms with Crippen LogP contribution in [-0.4, -0.2) is 29.0 Å². The number of amides is 1. The third kappa shape index (κ3) is 3.80. The molecule has 0 fully saturated rings. The number of aromatic nitrogens is 2. The SMILES string of the molecule is C=Cc1nccc(-c2cccc(NC(=O)c3ncccc3C(=O)OC)c2C)c1C#N. The van der Waals surface area contributed by atoms with Gasteiger partial charge in [0.1, 0.15) is 11.8 Å². The second-order valence-corrected chi connectivity index (χ2v) is 6.26. The van der Waals surface area contributed by atoms with E-state index in [2.05, 4.69) is 27.9 Å². The van der Waals surface area contributed by atoms with Crippen LogP contribution in [0, 0.1) is 18.3 Å². The molecule has 3 aromatic rings. The van der Waals surface area contributed by atoms with Gasteiger partial charge in [-0.1, -0.05) is 18.7 Å². The first-order valence-corrected chi connectivity index (χ1v) is 8.98. The van der Waals surface area contributed by atoms with Crippen molar-refractivity contribution in [1.29, 1.82) is 5.26 Å². The standard InChI is InChI=1S/C23H18N4O3/c1-4-19-18(13-24)16(10-12-25-19)15-7-5-9-20(14(15)2)27-22(28)21-17(23(29)30-3)8-6-11-26-21/h4-12H,1H2,2-3H3,(H,27,28). The third-order valence-corrected chi connectivity index (χ3v) is 4.59. The number of nitrogens with zero attached hydrogens (tertiary/aromatic N) is 3. The fraction of sp³-hybridized carbons (Fsp3) is 0.0870. The number of hydrogen-bond donors (Lipinski definition) is 1. The van der Waals surface area contributed by atoms with Gasteiger partial charge in [-0.3, -0.25) is 14.8 Å². The molecule has 0 aliphatic heterocycles. The predicted molar refractivity (Wildman–Crippen MR) is 113 cm³/mol. The van der Waals surface area contributed by atoms with E-state index in [1.807, 2.05) is 13.0 Å². The molecule has 0 aliphatic carbocycles. The topological polar surface area (TPSA) is 105 Å². The van der Waals surface area contributed by atoms with E-state index in [4.69, 9.17) is 4.74 Å². The van der Waals surface area contributed by atoms with Crippen LogP contribution in [0.15, 0.2) is 55.4 Å². The molecule has 30 heavy (non-hydrogen) atoms. The van der Waals surface area contributed by atoms with E-state index in [0.29, 0.717) is 22.5 Å². The second kappa shape index (κ2) is 8.80. The number of rotatable bonds is 5. The molecule has 1 N–H and O–H groups in total. The lowest BCUT2D eigenvalue weighted by atomic mass is 9.95. The Bertz CT molecular complexity index is 1200. The van der Waals surface area contributed by atoms with Crippen molar-refractivity contribution in [2.24, 2.45) is 0 Å². The van der Waals surface area contributed by atoms with Crippen LogP contribution in [0.5, 0.6) is 0 Å². The number of carbonyl (C=O) groups excluding carboxylic acids is 2. The molecular formula is C23H18N4O3. The summed E-state index contributed by atoms with van der Waals surface area (Å²) in [6.07, 6.45) is 4.56. The van der Waals surface area contributed by atoms with E-state index in [-0.39, 0.29) is 11.3 Å². The Morgan fingerprint density at radius 2 is 1.93 bits per heavy atom. The van der Waals surface area contributed by atoms with E-state index < -0.39 is 11.9 Å². The third-order valence-electron chi connectivity index (χ3n) is 4.59. The summed E-state index contributed by atoms with van der Waals surface area (Å²) in [6.45, 7) is 5.53. The molecule has 7 heteroatoms. The summed E-state index contributed by atoms with van der Waals surface area (Å²) in [5, 5.41) is 12.4. The van der Waals surface area contributed by atoms with E-state index in [0.717, 1.165) is 11.1 Å². The lowest BCUT2D eigenvalue weighted by Gasteiger charge is -2.14. The van der Waals surface area contributed by atoms with Crippen molar-refractivity contribution in [3.8, 4) is 17.2 Å². The maximum Gasteiger partial charge on any atom is 0.340 e.